The predicted molar refractivity (Wildman–Crippen MR) is 123 cm³/mol. The number of aliphatic hydroxyl groups excluding tert-OH is 1. The van der Waals surface area contributed by atoms with Gasteiger partial charge in [0.1, 0.15) is 0 Å². The van der Waals surface area contributed by atoms with Crippen LogP contribution in [0, 0.1) is 27.4 Å². The number of rotatable bonds is 6. The van der Waals surface area contributed by atoms with Gasteiger partial charge >= 0.3 is 0 Å². The molecule has 6 nitrogen and oxygen atoms in total. The third kappa shape index (κ3) is 3.65. The maximum atomic E-state index is 13.6. The number of amides is 1. The molecule has 1 amide bonds. The zero-order chi connectivity index (χ0) is 23.0. The van der Waals surface area contributed by atoms with Gasteiger partial charge in [-0.3, -0.25) is 14.9 Å². The van der Waals surface area contributed by atoms with Gasteiger partial charge in [-0.1, -0.05) is 72.7 Å². The summed E-state index contributed by atoms with van der Waals surface area (Å²) < 4.78 is 0. The van der Waals surface area contributed by atoms with E-state index in [4.69, 9.17) is 0 Å². The van der Waals surface area contributed by atoms with E-state index in [0.717, 1.165) is 22.3 Å². The fourth-order valence-electron chi connectivity index (χ4n) is 5.84. The van der Waals surface area contributed by atoms with E-state index in [1.165, 1.54) is 12.1 Å². The molecule has 0 heterocycles. The van der Waals surface area contributed by atoms with Crippen molar-refractivity contribution in [3.8, 4) is 0 Å². The lowest BCUT2D eigenvalue weighted by atomic mass is 9.42. The summed E-state index contributed by atoms with van der Waals surface area (Å²) in [6.07, 6.45) is 4.35. The van der Waals surface area contributed by atoms with Gasteiger partial charge < -0.3 is 10.4 Å². The van der Waals surface area contributed by atoms with Crippen LogP contribution in [0.25, 0.3) is 0 Å². The number of nitro groups is 1. The van der Waals surface area contributed by atoms with E-state index in [2.05, 4.69) is 38.2 Å². The second kappa shape index (κ2) is 8.36. The predicted octanol–water partition coefficient (Wildman–Crippen LogP) is 4.69. The molecule has 2 aromatic rings. The van der Waals surface area contributed by atoms with Crippen molar-refractivity contribution in [1.82, 2.24) is 5.32 Å². The van der Waals surface area contributed by atoms with E-state index in [-0.39, 0.29) is 41.4 Å². The number of nitro benzene ring substituents is 1. The molecule has 5 atom stereocenters. The lowest BCUT2D eigenvalue weighted by molar-refractivity contribution is -0.384. The van der Waals surface area contributed by atoms with Crippen molar-refractivity contribution in [1.29, 1.82) is 0 Å². The SMILES string of the molecule is CC1=C[C@]2(C)[C@H](C(C)=C1)[C@@H](C(=O)N[C@H](CO)c1ccccc1)[C@@H]2c1ccc([N+](=O)[O-])cc1. The van der Waals surface area contributed by atoms with Crippen LogP contribution in [0.4, 0.5) is 5.69 Å². The van der Waals surface area contributed by atoms with Crippen molar-refractivity contribution in [2.24, 2.45) is 17.3 Å². The zero-order valence-electron chi connectivity index (χ0n) is 18.5. The molecule has 1 fully saturated rings. The molecule has 0 spiro atoms. The van der Waals surface area contributed by atoms with Crippen molar-refractivity contribution in [2.75, 3.05) is 6.61 Å². The van der Waals surface area contributed by atoms with Crippen LogP contribution in [0.2, 0.25) is 0 Å². The average molecular weight is 433 g/mol. The van der Waals surface area contributed by atoms with Crippen molar-refractivity contribution in [2.45, 2.75) is 32.7 Å². The summed E-state index contributed by atoms with van der Waals surface area (Å²) in [5.41, 5.74) is 3.85. The summed E-state index contributed by atoms with van der Waals surface area (Å²) >= 11 is 0. The van der Waals surface area contributed by atoms with E-state index >= 15 is 0 Å². The van der Waals surface area contributed by atoms with Gasteiger partial charge in [0.2, 0.25) is 5.91 Å². The van der Waals surface area contributed by atoms with Crippen LogP contribution in [-0.4, -0.2) is 22.5 Å². The monoisotopic (exact) mass is 432 g/mol. The van der Waals surface area contributed by atoms with Gasteiger partial charge in [0.25, 0.3) is 5.69 Å². The van der Waals surface area contributed by atoms with E-state index < -0.39 is 11.0 Å². The third-order valence-corrected chi connectivity index (χ3v) is 7.01. The Balaban J connectivity index is 1.68. The van der Waals surface area contributed by atoms with Crippen molar-refractivity contribution >= 4 is 11.6 Å². The van der Waals surface area contributed by atoms with Crippen LogP contribution in [0.15, 0.2) is 77.9 Å². The maximum absolute atomic E-state index is 13.6. The first-order valence-electron chi connectivity index (χ1n) is 10.8. The molecule has 4 rings (SSSR count). The Hall–Kier alpha value is -3.25. The molecule has 2 N–H and O–H groups in total. The highest BCUT2D eigenvalue weighted by Gasteiger charge is 2.62. The van der Waals surface area contributed by atoms with Crippen LogP contribution in [0.5, 0.6) is 0 Å². The molecule has 2 aliphatic rings. The Morgan fingerprint density at radius 2 is 1.78 bits per heavy atom. The molecule has 2 aliphatic carbocycles. The smallest absolute Gasteiger partial charge is 0.269 e. The number of nitrogens with zero attached hydrogens (tertiary/aromatic N) is 1. The molecule has 2 aromatic carbocycles. The first-order valence-corrected chi connectivity index (χ1v) is 10.8. The number of hydrogen-bond donors (Lipinski definition) is 2. The molecule has 0 aromatic heterocycles. The largest absolute Gasteiger partial charge is 0.394 e. The molecule has 0 saturated heterocycles. The van der Waals surface area contributed by atoms with Gasteiger partial charge in [-0.2, -0.15) is 0 Å². The number of hydrogen-bond acceptors (Lipinski definition) is 4. The number of aliphatic hydroxyl groups is 1. The third-order valence-electron chi connectivity index (χ3n) is 7.01. The highest BCUT2D eigenvalue weighted by Crippen LogP contribution is 2.66. The van der Waals surface area contributed by atoms with Crippen LogP contribution in [0.1, 0.15) is 43.9 Å². The minimum Gasteiger partial charge on any atom is -0.394 e. The average Bonchev–Trinajstić information content (AvgIpc) is 2.75. The quantitative estimate of drug-likeness (QED) is 0.512. The second-order valence-electron chi connectivity index (χ2n) is 9.13. The Kier molecular flexibility index (Phi) is 5.73. The summed E-state index contributed by atoms with van der Waals surface area (Å²) in [6, 6.07) is 15.5. The number of carbonyl (C=O) groups is 1. The minimum atomic E-state index is -0.488. The first kappa shape index (κ1) is 22.0. The van der Waals surface area contributed by atoms with E-state index in [1.807, 2.05) is 30.3 Å². The maximum Gasteiger partial charge on any atom is 0.269 e. The molecular weight excluding hydrogens is 404 g/mol. The van der Waals surface area contributed by atoms with Crippen molar-refractivity contribution < 1.29 is 14.8 Å². The fourth-order valence-corrected chi connectivity index (χ4v) is 5.84. The minimum absolute atomic E-state index is 0.0292. The highest BCUT2D eigenvalue weighted by atomic mass is 16.6. The Labute approximate surface area is 187 Å². The number of carbonyl (C=O) groups excluding carboxylic acids is 1. The summed E-state index contributed by atoms with van der Waals surface area (Å²) in [7, 11) is 0. The van der Waals surface area contributed by atoms with Gasteiger partial charge in [0, 0.05) is 29.4 Å². The summed E-state index contributed by atoms with van der Waals surface area (Å²) in [4.78, 5) is 24.3. The summed E-state index contributed by atoms with van der Waals surface area (Å²) in [6.45, 7) is 6.09. The molecule has 0 aliphatic heterocycles. The second-order valence-corrected chi connectivity index (χ2v) is 9.13. The van der Waals surface area contributed by atoms with Gasteiger partial charge in [-0.05, 0) is 25.0 Å². The van der Waals surface area contributed by atoms with Gasteiger partial charge in [-0.25, -0.2) is 0 Å². The molecule has 6 heteroatoms. The van der Waals surface area contributed by atoms with E-state index in [1.54, 1.807) is 12.1 Å². The van der Waals surface area contributed by atoms with Crippen LogP contribution in [-0.2, 0) is 4.79 Å². The normalized spacial score (nSPS) is 27.3. The summed E-state index contributed by atoms with van der Waals surface area (Å²) in [5, 5.41) is 24.1. The van der Waals surface area contributed by atoms with Gasteiger partial charge in [0.15, 0.2) is 0 Å². The van der Waals surface area contributed by atoms with Crippen LogP contribution >= 0.6 is 0 Å². The van der Waals surface area contributed by atoms with Crippen molar-refractivity contribution in [3.63, 3.8) is 0 Å². The zero-order valence-corrected chi connectivity index (χ0v) is 18.5. The standard InChI is InChI=1S/C26H28N2O4/c1-16-13-17(2)23-22(25(30)27-21(15-29)18-7-5-4-6-8-18)24(26(23,3)14-16)19-9-11-20(12-10-19)28(31)32/h4-14,21-24,29H,15H2,1-3H3,(H,27,30)/t21-,22-,23-,24+,26-/m1/s1. The van der Waals surface area contributed by atoms with E-state index in [9.17, 15) is 20.0 Å². The first-order chi connectivity index (χ1) is 15.3. The molecule has 0 bridgehead atoms. The molecular formula is C26H28N2O4. The number of non-ortho nitro benzene ring substituents is 1. The summed E-state index contributed by atoms with van der Waals surface area (Å²) in [5.74, 6) is -0.539. The van der Waals surface area contributed by atoms with E-state index in [0.29, 0.717) is 0 Å². The number of fused-ring (bicyclic) bond motifs is 1. The van der Waals surface area contributed by atoms with Crippen molar-refractivity contribution in [3.05, 3.63) is 99.1 Å². The fraction of sp³-hybridized carbons (Fsp3) is 0.346. The lowest BCUT2D eigenvalue weighted by Crippen LogP contribution is -2.59. The topological polar surface area (TPSA) is 92.5 Å². The highest BCUT2D eigenvalue weighted by molar-refractivity contribution is 5.83. The number of nitrogens with one attached hydrogen (secondary N) is 1. The Morgan fingerprint density at radius 3 is 2.38 bits per heavy atom. The van der Waals surface area contributed by atoms with Crippen LogP contribution in [0.3, 0.4) is 0 Å². The Bertz CT molecular complexity index is 1090. The lowest BCUT2D eigenvalue weighted by Gasteiger charge is -2.60. The Morgan fingerprint density at radius 1 is 1.12 bits per heavy atom. The number of benzene rings is 2. The van der Waals surface area contributed by atoms with Crippen LogP contribution < -0.4 is 5.32 Å². The molecule has 166 valence electrons. The molecule has 0 radical (unpaired) electrons. The number of allylic oxidation sites excluding steroid dienone is 4. The molecule has 32 heavy (non-hydrogen) atoms. The van der Waals surface area contributed by atoms with Gasteiger partial charge in [0.05, 0.1) is 23.5 Å². The van der Waals surface area contributed by atoms with Gasteiger partial charge in [-0.15, -0.1) is 0 Å². The molecule has 1 saturated carbocycles. The molecule has 0 unspecified atom stereocenters.